The summed E-state index contributed by atoms with van der Waals surface area (Å²) in [4.78, 5) is 23.0. The van der Waals surface area contributed by atoms with Crippen LogP contribution in [0.1, 0.15) is 22.8 Å². The van der Waals surface area contributed by atoms with Gasteiger partial charge in [0, 0.05) is 10.6 Å². The zero-order valence-electron chi connectivity index (χ0n) is 17.2. The Labute approximate surface area is 192 Å². The molecule has 0 saturated heterocycles. The number of amides is 1. The quantitative estimate of drug-likeness (QED) is 0.197. The minimum Gasteiger partial charge on any atom is -0.496 e. The number of methoxy groups -OCH3 is 1. The van der Waals surface area contributed by atoms with Crippen molar-refractivity contribution in [3.8, 4) is 5.75 Å². The number of hydrogen-bond donors (Lipinski definition) is 3. The maximum atomic E-state index is 12.2. The van der Waals surface area contributed by atoms with E-state index in [9.17, 15) is 17.4 Å². The molecule has 0 radical (unpaired) electrons. The largest absolute Gasteiger partial charge is 0.496 e. The Balaban J connectivity index is 0.000000229. The molecule has 10 heteroatoms. The van der Waals surface area contributed by atoms with Crippen molar-refractivity contribution >= 4 is 47.5 Å². The third kappa shape index (κ3) is 6.82. The SMILES string of the molecule is CC(=O)Nc1ccccc1[As](=O)(O)OO.COc1ccc(Cl)cc1C(=O)c1ccccc1. The van der Waals surface area contributed by atoms with Crippen LogP contribution in [0.5, 0.6) is 5.75 Å². The molecule has 0 aliphatic carbocycles. The number of benzene rings is 3. The van der Waals surface area contributed by atoms with Gasteiger partial charge in [0.2, 0.25) is 0 Å². The summed E-state index contributed by atoms with van der Waals surface area (Å²) in [5, 5.41) is 11.2. The first-order valence-corrected chi connectivity index (χ1v) is 12.8. The maximum Gasteiger partial charge on any atom is 0.196 e. The van der Waals surface area contributed by atoms with Gasteiger partial charge in [-0.15, -0.1) is 0 Å². The second kappa shape index (κ2) is 11.7. The van der Waals surface area contributed by atoms with Crippen molar-refractivity contribution in [2.75, 3.05) is 12.4 Å². The van der Waals surface area contributed by atoms with Gasteiger partial charge in [0.15, 0.2) is 5.78 Å². The van der Waals surface area contributed by atoms with Crippen LogP contribution in [0.25, 0.3) is 0 Å². The van der Waals surface area contributed by atoms with Crippen LogP contribution < -0.4 is 14.4 Å². The first-order valence-electron chi connectivity index (χ1n) is 9.16. The van der Waals surface area contributed by atoms with Gasteiger partial charge in [0.05, 0.1) is 12.7 Å². The molecule has 0 heterocycles. The summed E-state index contributed by atoms with van der Waals surface area (Å²) >= 11 is 0.973. The van der Waals surface area contributed by atoms with Crippen molar-refractivity contribution in [2.24, 2.45) is 0 Å². The number of carbonyl (C=O) groups is 2. The van der Waals surface area contributed by atoms with Crippen molar-refractivity contribution in [3.05, 3.63) is 88.9 Å². The summed E-state index contributed by atoms with van der Waals surface area (Å²) in [6.45, 7) is 1.27. The van der Waals surface area contributed by atoms with Gasteiger partial charge >= 0.3 is 88.4 Å². The fraction of sp³-hybridized carbons (Fsp3) is 0.0909. The van der Waals surface area contributed by atoms with Crippen LogP contribution in [0.3, 0.4) is 0 Å². The number of carbonyl (C=O) groups excluding carboxylic acids is 2. The van der Waals surface area contributed by atoms with Gasteiger partial charge < -0.3 is 4.74 Å². The third-order valence-corrected chi connectivity index (χ3v) is 6.87. The van der Waals surface area contributed by atoms with Crippen LogP contribution in [-0.4, -0.2) is 42.3 Å². The van der Waals surface area contributed by atoms with Crippen LogP contribution in [0, 0.1) is 0 Å². The fourth-order valence-corrected chi connectivity index (χ4v) is 4.51. The average Bonchev–Trinajstić information content (AvgIpc) is 2.79. The molecule has 1 unspecified atom stereocenters. The maximum absolute atomic E-state index is 12.2. The second-order valence-corrected chi connectivity index (χ2v) is 10.3. The number of ketones is 1. The van der Waals surface area contributed by atoms with E-state index in [1.165, 1.54) is 32.2 Å². The summed E-state index contributed by atoms with van der Waals surface area (Å²) in [6.07, 6.45) is 0. The molecule has 3 N–H and O–H groups in total. The summed E-state index contributed by atoms with van der Waals surface area (Å²) < 4.78 is 29.3. The van der Waals surface area contributed by atoms with E-state index in [1.807, 2.05) is 18.2 Å². The number of ether oxygens (including phenoxy) is 1. The Hall–Kier alpha value is -2.87. The van der Waals surface area contributed by atoms with E-state index < -0.39 is 14.2 Å². The molecule has 1 amide bonds. The van der Waals surface area contributed by atoms with Gasteiger partial charge in [-0.2, -0.15) is 0 Å². The van der Waals surface area contributed by atoms with E-state index in [0.717, 1.165) is 0 Å². The zero-order valence-corrected chi connectivity index (χ0v) is 19.8. The second-order valence-electron chi connectivity index (χ2n) is 6.34. The monoisotopic (exact) mass is 521 g/mol. The van der Waals surface area contributed by atoms with E-state index >= 15 is 0 Å². The Bertz CT molecular complexity index is 1140. The van der Waals surface area contributed by atoms with Crippen LogP contribution in [0.2, 0.25) is 5.02 Å². The van der Waals surface area contributed by atoms with Crippen molar-refractivity contribution in [3.63, 3.8) is 0 Å². The molecule has 0 bridgehead atoms. The van der Waals surface area contributed by atoms with Crippen LogP contribution in [0.15, 0.2) is 72.8 Å². The number of para-hydroxylation sites is 1. The first kappa shape index (κ1) is 25.4. The number of hydrogen-bond acceptors (Lipinski definition) is 6. The molecule has 32 heavy (non-hydrogen) atoms. The Morgan fingerprint density at radius 3 is 2.22 bits per heavy atom. The molecule has 0 aliphatic heterocycles. The zero-order chi connectivity index (χ0) is 23.7. The van der Waals surface area contributed by atoms with Crippen molar-refractivity contribution in [1.82, 2.24) is 0 Å². The molecule has 3 aromatic carbocycles. The Morgan fingerprint density at radius 1 is 1.00 bits per heavy atom. The number of anilines is 1. The molecule has 3 rings (SSSR count). The van der Waals surface area contributed by atoms with E-state index in [0.29, 0.717) is 21.9 Å². The van der Waals surface area contributed by atoms with E-state index in [1.54, 1.807) is 36.4 Å². The summed E-state index contributed by atoms with van der Waals surface area (Å²) in [6, 6.07) is 19.9. The normalized spacial score (nSPS) is 12.0. The number of halogens is 1. The molecule has 8 nitrogen and oxygen atoms in total. The van der Waals surface area contributed by atoms with Crippen LogP contribution >= 0.6 is 11.6 Å². The fourth-order valence-electron chi connectivity index (χ4n) is 2.66. The Morgan fingerprint density at radius 2 is 1.62 bits per heavy atom. The minimum atomic E-state index is -4.92. The molecule has 3 aromatic rings. The molecule has 0 aliphatic rings. The third-order valence-electron chi connectivity index (χ3n) is 4.07. The molecule has 168 valence electrons. The molecule has 0 spiro atoms. The summed E-state index contributed by atoms with van der Waals surface area (Å²) in [5.41, 5.74) is 1.25. The van der Waals surface area contributed by atoms with Gasteiger partial charge in [-0.3, -0.25) is 4.79 Å². The van der Waals surface area contributed by atoms with Gasteiger partial charge in [0.25, 0.3) is 0 Å². The first-order chi connectivity index (χ1) is 15.2. The number of nitrogens with one attached hydrogen (secondary N) is 1. The van der Waals surface area contributed by atoms with Gasteiger partial charge in [0.1, 0.15) is 5.75 Å². The predicted molar refractivity (Wildman–Crippen MR) is 121 cm³/mol. The molecule has 1 atom stereocenters. The standard InChI is InChI=1S/C14H11ClO2.C8H10AsNO5/c1-17-13-8-7-11(15)9-12(13)14(16)10-5-3-2-4-6-10;1-6(11)10-8-5-3-2-4-7(8)9(12,13)15-14/h2-9H,1H3;2-5,14H,1H3,(H,10,11)(H,12,13). The molecule has 0 aromatic heterocycles. The van der Waals surface area contributed by atoms with E-state index in [4.69, 9.17) is 21.6 Å². The van der Waals surface area contributed by atoms with Crippen molar-refractivity contribution in [1.29, 1.82) is 0 Å². The van der Waals surface area contributed by atoms with Crippen LogP contribution in [-0.2, 0) is 12.4 Å². The predicted octanol–water partition coefficient (Wildman–Crippen LogP) is 3.28. The molecular weight excluding hydrogens is 501 g/mol. The van der Waals surface area contributed by atoms with Gasteiger partial charge in [-0.25, -0.2) is 0 Å². The van der Waals surface area contributed by atoms with Crippen molar-refractivity contribution in [2.45, 2.75) is 6.92 Å². The van der Waals surface area contributed by atoms with Crippen molar-refractivity contribution < 1.29 is 31.3 Å². The molecular formula is C22H21AsClNO7. The smallest absolute Gasteiger partial charge is 0.196 e. The summed E-state index contributed by atoms with van der Waals surface area (Å²) in [5.74, 6) is 0.0593. The van der Waals surface area contributed by atoms with E-state index in [2.05, 4.69) is 9.19 Å². The van der Waals surface area contributed by atoms with Crippen LogP contribution in [0.4, 0.5) is 5.69 Å². The van der Waals surface area contributed by atoms with E-state index in [-0.39, 0.29) is 21.7 Å². The Kier molecular flexibility index (Phi) is 9.25. The minimum absolute atomic E-state index is 0.0926. The average molecular weight is 522 g/mol. The summed E-state index contributed by atoms with van der Waals surface area (Å²) in [7, 11) is 1.53. The molecule has 0 fully saturated rings. The topological polar surface area (TPSA) is 122 Å². The number of rotatable bonds is 6. The van der Waals surface area contributed by atoms with Gasteiger partial charge in [-0.05, 0) is 18.2 Å². The molecule has 0 saturated carbocycles. The van der Waals surface area contributed by atoms with Gasteiger partial charge in [-0.1, -0.05) is 41.9 Å².